The van der Waals surface area contributed by atoms with Crippen molar-refractivity contribution in [1.29, 1.82) is 0 Å². The quantitative estimate of drug-likeness (QED) is 0.245. The van der Waals surface area contributed by atoms with E-state index in [4.69, 9.17) is 4.74 Å². The number of anilines is 1. The summed E-state index contributed by atoms with van der Waals surface area (Å²) in [5.74, 6) is 0.922. The van der Waals surface area contributed by atoms with Crippen LogP contribution in [0.4, 0.5) is 5.00 Å². The fourth-order valence-corrected chi connectivity index (χ4v) is 5.64. The number of rotatable bonds is 12. The molecule has 4 aromatic rings. The van der Waals surface area contributed by atoms with Crippen molar-refractivity contribution < 1.29 is 9.53 Å². The molecule has 0 unspecified atom stereocenters. The normalized spacial score (nSPS) is 11.1. The Balaban J connectivity index is 1.23. The molecule has 0 amide bonds. The van der Waals surface area contributed by atoms with Crippen LogP contribution in [0.15, 0.2) is 48.8 Å². The Morgan fingerprint density at radius 3 is 2.73 bits per heavy atom. The number of thiophene rings is 1. The monoisotopic (exact) mass is 480 g/mol. The maximum atomic E-state index is 12.7. The summed E-state index contributed by atoms with van der Waals surface area (Å²) in [4.78, 5) is 17.3. The lowest BCUT2D eigenvalue weighted by molar-refractivity contribution is -0.117. The number of allylic oxidation sites excluding steroid dienone is 1. The van der Waals surface area contributed by atoms with E-state index < -0.39 is 0 Å². The van der Waals surface area contributed by atoms with Gasteiger partial charge in [-0.2, -0.15) is 0 Å². The van der Waals surface area contributed by atoms with E-state index in [2.05, 4.69) is 39.2 Å². The number of aromatic nitrogens is 3. The van der Waals surface area contributed by atoms with Crippen molar-refractivity contribution >= 4 is 44.4 Å². The molecule has 0 bridgehead atoms. The second kappa shape index (κ2) is 10.8. The zero-order valence-corrected chi connectivity index (χ0v) is 20.6. The molecule has 0 saturated heterocycles. The van der Waals surface area contributed by atoms with Gasteiger partial charge in [0.05, 0.1) is 18.5 Å². The Labute approximate surface area is 201 Å². The number of methoxy groups -OCH3 is 1. The van der Waals surface area contributed by atoms with Gasteiger partial charge in [-0.3, -0.25) is 4.79 Å². The molecular weight excluding hydrogens is 452 g/mol. The number of hydrogen-bond donors (Lipinski definition) is 2. The molecule has 0 aliphatic carbocycles. The van der Waals surface area contributed by atoms with Crippen LogP contribution in [0, 0.1) is 0 Å². The second-order valence-electron chi connectivity index (χ2n) is 8.09. The molecule has 0 radical (unpaired) electrons. The maximum Gasteiger partial charge on any atom is 0.144 e. The van der Waals surface area contributed by atoms with E-state index >= 15 is 0 Å². The number of benzene rings is 1. The average Bonchev–Trinajstić information content (AvgIpc) is 3.51. The molecule has 172 valence electrons. The van der Waals surface area contributed by atoms with Crippen LogP contribution in [-0.4, -0.2) is 28.1 Å². The Bertz CT molecular complexity index is 1250. The molecule has 2 N–H and O–H groups in total. The van der Waals surface area contributed by atoms with Gasteiger partial charge in [-0.15, -0.1) is 32.9 Å². The molecule has 3 aromatic heterocycles. The minimum absolute atomic E-state index is 0.137. The van der Waals surface area contributed by atoms with Gasteiger partial charge in [-0.1, -0.05) is 6.58 Å². The fourth-order valence-electron chi connectivity index (χ4n) is 3.70. The maximum absolute atomic E-state index is 12.7. The summed E-state index contributed by atoms with van der Waals surface area (Å²) in [7, 11) is 1.65. The topological polar surface area (TPSA) is 79.9 Å². The van der Waals surface area contributed by atoms with Crippen LogP contribution < -0.4 is 10.1 Å². The second-order valence-corrected chi connectivity index (χ2v) is 10.4. The number of unbranched alkanes of at least 4 members (excludes halogenated alkanes) is 1. The highest BCUT2D eigenvalue weighted by molar-refractivity contribution is 7.16. The van der Waals surface area contributed by atoms with Crippen molar-refractivity contribution in [2.24, 2.45) is 0 Å². The van der Waals surface area contributed by atoms with Crippen LogP contribution in [0.5, 0.6) is 5.75 Å². The molecule has 0 fully saturated rings. The summed E-state index contributed by atoms with van der Waals surface area (Å²) in [6, 6.07) is 10.1. The summed E-state index contributed by atoms with van der Waals surface area (Å²) in [6.45, 7) is 5.84. The largest absolute Gasteiger partial charge is 0.497 e. The molecule has 8 heteroatoms. The van der Waals surface area contributed by atoms with Crippen molar-refractivity contribution in [3.8, 4) is 5.75 Å². The number of hydrogen-bond acceptors (Lipinski definition) is 7. The Hall–Kier alpha value is -2.97. The number of ketones is 1. The van der Waals surface area contributed by atoms with Gasteiger partial charge >= 0.3 is 0 Å². The number of H-pyrrole nitrogens is 1. The molecule has 33 heavy (non-hydrogen) atoms. The third-order valence-electron chi connectivity index (χ3n) is 5.28. The number of Topliss-reactive ketones (excluding diaryl/α,β-unsaturated/α-hetero) is 1. The van der Waals surface area contributed by atoms with Gasteiger partial charge in [0, 0.05) is 40.5 Å². The first-order chi connectivity index (χ1) is 16.0. The van der Waals surface area contributed by atoms with E-state index in [9.17, 15) is 4.79 Å². The van der Waals surface area contributed by atoms with Gasteiger partial charge in [-0.05, 0) is 62.1 Å². The van der Waals surface area contributed by atoms with Crippen LogP contribution >= 0.6 is 22.7 Å². The molecule has 0 aliphatic rings. The number of aryl methyl sites for hydroxylation is 2. The van der Waals surface area contributed by atoms with Gasteiger partial charge in [0.1, 0.15) is 21.5 Å². The lowest BCUT2D eigenvalue weighted by Crippen LogP contribution is -2.06. The fraction of sp³-hybridized carbons (Fsp3) is 0.320. The summed E-state index contributed by atoms with van der Waals surface area (Å²) in [6.07, 6.45) is 6.70. The third-order valence-corrected chi connectivity index (χ3v) is 7.32. The number of carbonyl (C=O) groups is 1. The SMILES string of the molecule is C=C(C)Nc1ccc(CCCCc2nnc(CC(=O)Cc3c[nH]c4ccc(OC)cc34)s2)s1. The number of carbonyl (C=O) groups excluding carboxylic acids is 1. The Morgan fingerprint density at radius 1 is 1.09 bits per heavy atom. The molecule has 0 atom stereocenters. The van der Waals surface area contributed by atoms with Gasteiger partial charge in [0.2, 0.25) is 0 Å². The van der Waals surface area contributed by atoms with Gasteiger partial charge in [0.15, 0.2) is 0 Å². The van der Waals surface area contributed by atoms with E-state index in [1.165, 1.54) is 4.88 Å². The summed E-state index contributed by atoms with van der Waals surface area (Å²) >= 11 is 3.33. The van der Waals surface area contributed by atoms with E-state index in [-0.39, 0.29) is 5.78 Å². The van der Waals surface area contributed by atoms with Crippen LogP contribution in [0.1, 0.15) is 40.2 Å². The third kappa shape index (κ3) is 6.30. The van der Waals surface area contributed by atoms with Crippen LogP contribution in [0.25, 0.3) is 10.9 Å². The molecule has 3 heterocycles. The first kappa shape index (κ1) is 23.2. The van der Waals surface area contributed by atoms with Crippen molar-refractivity contribution in [2.75, 3.05) is 12.4 Å². The van der Waals surface area contributed by atoms with Crippen molar-refractivity contribution in [3.63, 3.8) is 0 Å². The molecule has 1 aromatic carbocycles. The molecule has 0 spiro atoms. The van der Waals surface area contributed by atoms with Crippen molar-refractivity contribution in [1.82, 2.24) is 15.2 Å². The molecule has 6 nitrogen and oxygen atoms in total. The summed E-state index contributed by atoms with van der Waals surface area (Å²) in [5, 5.41) is 15.8. The summed E-state index contributed by atoms with van der Waals surface area (Å²) in [5.41, 5.74) is 2.94. The first-order valence-corrected chi connectivity index (χ1v) is 12.6. The van der Waals surface area contributed by atoms with Gasteiger partial charge < -0.3 is 15.0 Å². The number of fused-ring (bicyclic) bond motifs is 1. The van der Waals surface area contributed by atoms with E-state index in [0.717, 1.165) is 68.6 Å². The van der Waals surface area contributed by atoms with E-state index in [1.807, 2.05) is 31.3 Å². The molecule has 4 rings (SSSR count). The Morgan fingerprint density at radius 2 is 1.91 bits per heavy atom. The highest BCUT2D eigenvalue weighted by atomic mass is 32.1. The number of nitrogens with one attached hydrogen (secondary N) is 2. The molecular formula is C25H28N4O2S2. The highest BCUT2D eigenvalue weighted by Gasteiger charge is 2.13. The van der Waals surface area contributed by atoms with Gasteiger partial charge in [0.25, 0.3) is 0 Å². The number of nitrogens with zero attached hydrogens (tertiary/aromatic N) is 2. The first-order valence-electron chi connectivity index (χ1n) is 11.0. The molecule has 0 aliphatic heterocycles. The van der Waals surface area contributed by atoms with E-state index in [0.29, 0.717) is 12.8 Å². The number of ether oxygens (including phenoxy) is 1. The smallest absolute Gasteiger partial charge is 0.144 e. The standard InChI is InChI=1S/C25H28N4O2S2/c1-16(2)27-23-11-9-20(32-23)6-4-5-7-24-28-29-25(33-24)13-18(30)12-17-15-26-22-10-8-19(31-3)14-21(17)22/h8-11,14-15,26-27H,1,4-7,12-13H2,2-3H3. The van der Waals surface area contributed by atoms with Crippen molar-refractivity contribution in [2.45, 2.75) is 45.4 Å². The minimum Gasteiger partial charge on any atom is -0.497 e. The highest BCUT2D eigenvalue weighted by Crippen LogP contribution is 2.26. The van der Waals surface area contributed by atoms with Crippen LogP contribution in [0.2, 0.25) is 0 Å². The summed E-state index contributed by atoms with van der Waals surface area (Å²) < 4.78 is 5.31. The minimum atomic E-state index is 0.137. The zero-order valence-electron chi connectivity index (χ0n) is 18.9. The van der Waals surface area contributed by atoms with Gasteiger partial charge in [-0.25, -0.2) is 0 Å². The average molecular weight is 481 g/mol. The molecule has 0 saturated carbocycles. The van der Waals surface area contributed by atoms with Crippen molar-refractivity contribution in [3.05, 3.63) is 69.3 Å². The lowest BCUT2D eigenvalue weighted by Gasteiger charge is -2.01. The zero-order chi connectivity index (χ0) is 23.2. The predicted octanol–water partition coefficient (Wildman–Crippen LogP) is 5.95. The predicted molar refractivity (Wildman–Crippen MR) is 137 cm³/mol. The Kier molecular flexibility index (Phi) is 7.57. The van der Waals surface area contributed by atoms with E-state index in [1.54, 1.807) is 29.8 Å². The number of aromatic amines is 1. The lowest BCUT2D eigenvalue weighted by atomic mass is 10.1. The van der Waals surface area contributed by atoms with Crippen LogP contribution in [-0.2, 0) is 30.5 Å². The van der Waals surface area contributed by atoms with Crippen LogP contribution in [0.3, 0.4) is 0 Å².